The Hall–Kier alpha value is -1.19. The zero-order valence-electron chi connectivity index (χ0n) is 11.4. The quantitative estimate of drug-likeness (QED) is 0.770. The molecule has 2 nitrogen and oxygen atoms in total. The number of halogens is 1. The molecular weight excluding hydrogens is 276 g/mol. The van der Waals surface area contributed by atoms with E-state index in [1.54, 1.807) is 11.3 Å². The van der Waals surface area contributed by atoms with Gasteiger partial charge < -0.3 is 11.1 Å². The van der Waals surface area contributed by atoms with E-state index in [9.17, 15) is 0 Å². The van der Waals surface area contributed by atoms with Gasteiger partial charge in [-0.25, -0.2) is 0 Å². The lowest BCUT2D eigenvalue weighted by Crippen LogP contribution is -2.16. The average Bonchev–Trinajstić information content (AvgIpc) is 2.85. The molecule has 102 valence electrons. The third-order valence-corrected chi connectivity index (χ3v) is 4.45. The van der Waals surface area contributed by atoms with Gasteiger partial charge >= 0.3 is 0 Å². The first-order chi connectivity index (χ1) is 8.99. The van der Waals surface area contributed by atoms with Crippen LogP contribution in [0.2, 0.25) is 5.02 Å². The van der Waals surface area contributed by atoms with Crippen LogP contribution in [-0.2, 0) is 0 Å². The summed E-state index contributed by atoms with van der Waals surface area (Å²) < 4.78 is 0. The van der Waals surface area contributed by atoms with Crippen molar-refractivity contribution in [2.45, 2.75) is 26.8 Å². The second-order valence-electron chi connectivity index (χ2n) is 5.07. The molecular formula is C15H19ClN2S. The van der Waals surface area contributed by atoms with Crippen molar-refractivity contribution < 1.29 is 0 Å². The molecule has 2 aromatic rings. The lowest BCUT2D eigenvalue weighted by atomic mass is 10.0. The summed E-state index contributed by atoms with van der Waals surface area (Å²) in [6, 6.07) is 8.36. The summed E-state index contributed by atoms with van der Waals surface area (Å²) >= 11 is 7.88. The number of nitrogens with two attached hydrogens (primary N) is 1. The predicted octanol–water partition coefficient (Wildman–Crippen LogP) is 5.10. The number of rotatable bonds is 4. The van der Waals surface area contributed by atoms with Crippen LogP contribution in [0.15, 0.2) is 29.6 Å². The van der Waals surface area contributed by atoms with Crippen molar-refractivity contribution in [2.75, 3.05) is 11.1 Å². The third-order valence-electron chi connectivity index (χ3n) is 3.17. The third kappa shape index (κ3) is 3.23. The number of hydrogen-bond donors (Lipinski definition) is 2. The molecule has 3 N–H and O–H groups in total. The molecule has 1 aromatic carbocycles. The molecule has 1 unspecified atom stereocenters. The van der Waals surface area contributed by atoms with Crippen LogP contribution in [-0.4, -0.2) is 0 Å². The van der Waals surface area contributed by atoms with Crippen molar-refractivity contribution >= 4 is 34.3 Å². The summed E-state index contributed by atoms with van der Waals surface area (Å²) in [5.74, 6) is 0.495. The van der Waals surface area contributed by atoms with Gasteiger partial charge in [0.2, 0.25) is 0 Å². The van der Waals surface area contributed by atoms with Gasteiger partial charge in [0, 0.05) is 10.6 Å². The highest BCUT2D eigenvalue weighted by Crippen LogP contribution is 2.33. The molecule has 1 aromatic heterocycles. The van der Waals surface area contributed by atoms with E-state index in [1.165, 1.54) is 4.88 Å². The van der Waals surface area contributed by atoms with Crippen LogP contribution in [0.5, 0.6) is 0 Å². The average molecular weight is 295 g/mol. The van der Waals surface area contributed by atoms with Crippen molar-refractivity contribution in [3.8, 4) is 0 Å². The molecule has 0 amide bonds. The van der Waals surface area contributed by atoms with Gasteiger partial charge in [-0.3, -0.25) is 0 Å². The number of benzene rings is 1. The molecule has 0 saturated carbocycles. The highest BCUT2D eigenvalue weighted by Gasteiger charge is 2.17. The maximum atomic E-state index is 6.11. The van der Waals surface area contributed by atoms with E-state index in [0.717, 1.165) is 11.3 Å². The molecule has 4 heteroatoms. The maximum Gasteiger partial charge on any atom is 0.0656 e. The molecule has 0 spiro atoms. The smallest absolute Gasteiger partial charge is 0.0656 e. The van der Waals surface area contributed by atoms with Crippen molar-refractivity contribution in [3.05, 3.63) is 45.1 Å². The molecule has 0 aliphatic rings. The van der Waals surface area contributed by atoms with E-state index in [4.69, 9.17) is 17.3 Å². The summed E-state index contributed by atoms with van der Waals surface area (Å²) in [5.41, 5.74) is 8.61. The standard InChI is InChI=1S/C15H19ClN2S/c1-9(2)15(14-5-4-6-19-14)18-13-8-11(16)12(17)7-10(13)3/h4-9,15,18H,17H2,1-3H3. The second kappa shape index (κ2) is 5.85. The SMILES string of the molecule is Cc1cc(N)c(Cl)cc1NC(c1cccs1)C(C)C. The highest BCUT2D eigenvalue weighted by atomic mass is 35.5. The number of thiophene rings is 1. The fourth-order valence-corrected chi connectivity index (χ4v) is 3.17. The van der Waals surface area contributed by atoms with Crippen molar-refractivity contribution in [1.82, 2.24) is 0 Å². The van der Waals surface area contributed by atoms with Gasteiger partial charge in [-0.1, -0.05) is 31.5 Å². The number of aryl methyl sites for hydroxylation is 1. The Bertz CT molecular complexity index is 550. The molecule has 19 heavy (non-hydrogen) atoms. The molecule has 0 aliphatic carbocycles. The van der Waals surface area contributed by atoms with Crippen LogP contribution in [0.3, 0.4) is 0 Å². The lowest BCUT2D eigenvalue weighted by molar-refractivity contribution is 0.553. The van der Waals surface area contributed by atoms with E-state index in [2.05, 4.69) is 36.7 Å². The minimum absolute atomic E-state index is 0.290. The Morgan fingerprint density at radius 3 is 2.63 bits per heavy atom. The van der Waals surface area contributed by atoms with Gasteiger partial charge in [0.15, 0.2) is 0 Å². The molecule has 0 radical (unpaired) electrons. The normalized spacial score (nSPS) is 12.7. The zero-order valence-corrected chi connectivity index (χ0v) is 13.0. The van der Waals surface area contributed by atoms with E-state index in [1.807, 2.05) is 19.1 Å². The van der Waals surface area contributed by atoms with Crippen LogP contribution < -0.4 is 11.1 Å². The maximum absolute atomic E-state index is 6.11. The van der Waals surface area contributed by atoms with E-state index in [-0.39, 0.29) is 0 Å². The van der Waals surface area contributed by atoms with Gasteiger partial charge in [0.25, 0.3) is 0 Å². The number of anilines is 2. The van der Waals surface area contributed by atoms with Gasteiger partial charge in [0.05, 0.1) is 16.8 Å². The molecule has 0 saturated heterocycles. The van der Waals surface area contributed by atoms with Gasteiger partial charge in [-0.2, -0.15) is 0 Å². The van der Waals surface area contributed by atoms with Crippen molar-refractivity contribution in [1.29, 1.82) is 0 Å². The van der Waals surface area contributed by atoms with Gasteiger partial charge in [0.1, 0.15) is 0 Å². The van der Waals surface area contributed by atoms with Gasteiger partial charge in [-0.15, -0.1) is 11.3 Å². The molecule has 2 rings (SSSR count). The Kier molecular flexibility index (Phi) is 4.38. The minimum Gasteiger partial charge on any atom is -0.398 e. The molecule has 1 atom stereocenters. The zero-order chi connectivity index (χ0) is 14.0. The Morgan fingerprint density at radius 2 is 2.05 bits per heavy atom. The second-order valence-corrected chi connectivity index (χ2v) is 6.46. The first-order valence-corrected chi connectivity index (χ1v) is 7.60. The number of nitrogens with one attached hydrogen (secondary N) is 1. The minimum atomic E-state index is 0.290. The molecule has 0 bridgehead atoms. The Labute approximate surface area is 123 Å². The Morgan fingerprint density at radius 1 is 1.32 bits per heavy atom. The summed E-state index contributed by atoms with van der Waals surface area (Å²) in [6.07, 6.45) is 0. The molecule has 0 aliphatic heterocycles. The van der Waals surface area contributed by atoms with Crippen LogP contribution >= 0.6 is 22.9 Å². The largest absolute Gasteiger partial charge is 0.398 e. The summed E-state index contributed by atoms with van der Waals surface area (Å²) in [4.78, 5) is 1.34. The topological polar surface area (TPSA) is 38.0 Å². The summed E-state index contributed by atoms with van der Waals surface area (Å²) in [5, 5.41) is 6.29. The fraction of sp³-hybridized carbons (Fsp3) is 0.333. The fourth-order valence-electron chi connectivity index (χ4n) is 2.06. The van der Waals surface area contributed by atoms with E-state index >= 15 is 0 Å². The van der Waals surface area contributed by atoms with Crippen LogP contribution in [0, 0.1) is 12.8 Å². The highest BCUT2D eigenvalue weighted by molar-refractivity contribution is 7.10. The number of nitrogen functional groups attached to an aromatic ring is 1. The Balaban J connectivity index is 2.30. The van der Waals surface area contributed by atoms with E-state index < -0.39 is 0 Å². The van der Waals surface area contributed by atoms with Crippen molar-refractivity contribution in [3.63, 3.8) is 0 Å². The summed E-state index contributed by atoms with van der Waals surface area (Å²) in [7, 11) is 0. The predicted molar refractivity (Wildman–Crippen MR) is 86.1 cm³/mol. The first kappa shape index (κ1) is 14.2. The number of hydrogen-bond acceptors (Lipinski definition) is 3. The van der Waals surface area contributed by atoms with Crippen LogP contribution in [0.1, 0.15) is 30.3 Å². The first-order valence-electron chi connectivity index (χ1n) is 6.34. The molecule has 1 heterocycles. The van der Waals surface area contributed by atoms with Crippen molar-refractivity contribution in [2.24, 2.45) is 5.92 Å². The van der Waals surface area contributed by atoms with Gasteiger partial charge in [-0.05, 0) is 42.0 Å². The monoisotopic (exact) mass is 294 g/mol. The molecule has 0 fully saturated rings. The summed E-state index contributed by atoms with van der Waals surface area (Å²) in [6.45, 7) is 6.47. The van der Waals surface area contributed by atoms with Crippen LogP contribution in [0.4, 0.5) is 11.4 Å². The van der Waals surface area contributed by atoms with E-state index in [0.29, 0.717) is 22.7 Å². The lowest BCUT2D eigenvalue weighted by Gasteiger charge is -2.24. The van der Waals surface area contributed by atoms with Crippen LogP contribution in [0.25, 0.3) is 0 Å².